The number of fused-ring (bicyclic) bond motifs is 2. The van der Waals surface area contributed by atoms with E-state index in [9.17, 15) is 4.79 Å². The standard InChI is InChI=1S/C32H22ClN3O3S/c1-19-9-10-21(17-26(19)33)28-15-12-23(38-28)13-16-30(37)36-32(40)34-22-11-14-29-27(18-22)35-31(39-29)25-8-4-6-20-5-2-3-7-24(20)25/h2-18H,1H3,(H2,34,36,37,40)/b16-13+. The van der Waals surface area contributed by atoms with Gasteiger partial charge in [0.15, 0.2) is 10.7 Å². The first-order chi connectivity index (χ1) is 19.4. The molecule has 0 saturated carbocycles. The largest absolute Gasteiger partial charge is 0.457 e. The van der Waals surface area contributed by atoms with E-state index in [1.165, 1.54) is 6.08 Å². The van der Waals surface area contributed by atoms with E-state index in [0.717, 1.165) is 27.5 Å². The number of rotatable bonds is 5. The second-order valence-electron chi connectivity index (χ2n) is 9.17. The van der Waals surface area contributed by atoms with Crippen molar-refractivity contribution in [1.29, 1.82) is 0 Å². The fourth-order valence-electron chi connectivity index (χ4n) is 4.35. The number of amides is 1. The molecule has 0 radical (unpaired) electrons. The summed E-state index contributed by atoms with van der Waals surface area (Å²) in [5.74, 6) is 1.33. The molecule has 0 unspecified atom stereocenters. The second-order valence-corrected chi connectivity index (χ2v) is 9.99. The summed E-state index contributed by atoms with van der Waals surface area (Å²) in [6, 6.07) is 28.9. The summed E-state index contributed by atoms with van der Waals surface area (Å²) < 4.78 is 11.9. The van der Waals surface area contributed by atoms with Gasteiger partial charge in [0, 0.05) is 27.9 Å². The molecule has 0 fully saturated rings. The number of anilines is 1. The third-order valence-electron chi connectivity index (χ3n) is 6.38. The van der Waals surface area contributed by atoms with E-state index >= 15 is 0 Å². The predicted octanol–water partition coefficient (Wildman–Crippen LogP) is 8.40. The number of aryl methyl sites for hydroxylation is 1. The molecule has 6 aromatic rings. The number of thiocarbonyl (C=S) groups is 1. The van der Waals surface area contributed by atoms with Crippen molar-refractivity contribution in [2.75, 3.05) is 5.32 Å². The van der Waals surface area contributed by atoms with Crippen LogP contribution in [-0.2, 0) is 4.79 Å². The lowest BCUT2D eigenvalue weighted by Crippen LogP contribution is -2.32. The van der Waals surface area contributed by atoms with Crippen LogP contribution >= 0.6 is 23.8 Å². The van der Waals surface area contributed by atoms with Gasteiger partial charge in [-0.3, -0.25) is 10.1 Å². The Hall–Kier alpha value is -4.72. The predicted molar refractivity (Wildman–Crippen MR) is 164 cm³/mol. The fourth-order valence-corrected chi connectivity index (χ4v) is 4.75. The second kappa shape index (κ2) is 10.8. The first kappa shape index (κ1) is 25.6. The number of furan rings is 1. The number of benzene rings is 4. The molecule has 6 nitrogen and oxygen atoms in total. The topological polar surface area (TPSA) is 80.3 Å². The Labute approximate surface area is 240 Å². The SMILES string of the molecule is Cc1ccc(-c2ccc(/C=C/C(=O)NC(=S)Nc3ccc4oc(-c5cccc6ccccc56)nc4c3)o2)cc1Cl. The number of nitrogens with zero attached hydrogens (tertiary/aromatic N) is 1. The molecule has 2 heterocycles. The van der Waals surface area contributed by atoms with Crippen LogP contribution in [0.3, 0.4) is 0 Å². The lowest BCUT2D eigenvalue weighted by atomic mass is 10.0. The Morgan fingerprint density at radius 3 is 2.67 bits per heavy atom. The minimum absolute atomic E-state index is 0.154. The molecule has 0 spiro atoms. The molecule has 4 aromatic carbocycles. The van der Waals surface area contributed by atoms with Gasteiger partial charge in [-0.15, -0.1) is 0 Å². The van der Waals surface area contributed by atoms with E-state index in [1.807, 2.05) is 79.7 Å². The number of hydrogen-bond acceptors (Lipinski definition) is 5. The van der Waals surface area contributed by atoms with E-state index in [2.05, 4.69) is 22.8 Å². The first-order valence-electron chi connectivity index (χ1n) is 12.5. The molecule has 0 aliphatic rings. The lowest BCUT2D eigenvalue weighted by Gasteiger charge is -2.07. The molecule has 40 heavy (non-hydrogen) atoms. The highest BCUT2D eigenvalue weighted by atomic mass is 35.5. The summed E-state index contributed by atoms with van der Waals surface area (Å²) in [6.45, 7) is 1.94. The Balaban J connectivity index is 1.11. The Kier molecular flexibility index (Phi) is 6.90. The van der Waals surface area contributed by atoms with Crippen molar-refractivity contribution in [1.82, 2.24) is 10.3 Å². The highest BCUT2D eigenvalue weighted by molar-refractivity contribution is 7.80. The van der Waals surface area contributed by atoms with Gasteiger partial charge in [0.1, 0.15) is 17.0 Å². The highest BCUT2D eigenvalue weighted by Crippen LogP contribution is 2.31. The van der Waals surface area contributed by atoms with Crippen LogP contribution in [0, 0.1) is 6.92 Å². The number of carbonyl (C=O) groups excluding carboxylic acids is 1. The van der Waals surface area contributed by atoms with Crippen molar-refractivity contribution < 1.29 is 13.6 Å². The molecule has 0 bridgehead atoms. The summed E-state index contributed by atoms with van der Waals surface area (Å²) >= 11 is 11.6. The number of oxazole rings is 1. The fraction of sp³-hybridized carbons (Fsp3) is 0.0312. The van der Waals surface area contributed by atoms with E-state index < -0.39 is 5.91 Å². The molecule has 0 atom stereocenters. The molecule has 8 heteroatoms. The van der Waals surface area contributed by atoms with Crippen LogP contribution < -0.4 is 10.6 Å². The average Bonchev–Trinajstić information content (AvgIpc) is 3.60. The van der Waals surface area contributed by atoms with Gasteiger partial charge in [0.05, 0.1) is 0 Å². The molecular formula is C32H22ClN3O3S. The van der Waals surface area contributed by atoms with Crippen LogP contribution in [0.1, 0.15) is 11.3 Å². The molecule has 0 aliphatic carbocycles. The molecule has 0 saturated heterocycles. The summed E-state index contributed by atoms with van der Waals surface area (Å²) in [6.07, 6.45) is 2.93. The third kappa shape index (κ3) is 5.38. The van der Waals surface area contributed by atoms with Gasteiger partial charge in [-0.05, 0) is 84.0 Å². The van der Waals surface area contributed by atoms with Crippen molar-refractivity contribution in [3.05, 3.63) is 113 Å². The van der Waals surface area contributed by atoms with Crippen molar-refractivity contribution in [2.45, 2.75) is 6.92 Å². The summed E-state index contributed by atoms with van der Waals surface area (Å²) in [5.41, 5.74) is 4.77. The molecule has 2 N–H and O–H groups in total. The van der Waals surface area contributed by atoms with E-state index in [0.29, 0.717) is 39.2 Å². The van der Waals surface area contributed by atoms with Gasteiger partial charge in [0.2, 0.25) is 11.8 Å². The van der Waals surface area contributed by atoms with Gasteiger partial charge >= 0.3 is 0 Å². The normalized spacial score (nSPS) is 11.3. The van der Waals surface area contributed by atoms with Crippen LogP contribution in [0.4, 0.5) is 5.69 Å². The molecule has 6 rings (SSSR count). The highest BCUT2D eigenvalue weighted by Gasteiger charge is 2.12. The Morgan fingerprint density at radius 2 is 1.80 bits per heavy atom. The molecule has 1 amide bonds. The number of hydrogen-bond donors (Lipinski definition) is 2. The van der Waals surface area contributed by atoms with Crippen LogP contribution in [0.25, 0.3) is 50.7 Å². The maximum Gasteiger partial charge on any atom is 0.250 e. The van der Waals surface area contributed by atoms with Crippen molar-refractivity contribution in [3.63, 3.8) is 0 Å². The van der Waals surface area contributed by atoms with E-state index in [1.54, 1.807) is 12.1 Å². The van der Waals surface area contributed by atoms with Gasteiger partial charge in [-0.1, -0.05) is 60.1 Å². The minimum Gasteiger partial charge on any atom is -0.457 e. The first-order valence-corrected chi connectivity index (χ1v) is 13.3. The molecule has 2 aromatic heterocycles. The number of nitrogens with one attached hydrogen (secondary N) is 2. The van der Waals surface area contributed by atoms with Gasteiger partial charge < -0.3 is 14.2 Å². The van der Waals surface area contributed by atoms with E-state index in [-0.39, 0.29) is 5.11 Å². The Morgan fingerprint density at radius 1 is 0.950 bits per heavy atom. The van der Waals surface area contributed by atoms with Crippen LogP contribution in [0.15, 0.2) is 106 Å². The summed E-state index contributed by atoms with van der Waals surface area (Å²) in [5, 5.41) is 8.67. The minimum atomic E-state index is -0.394. The summed E-state index contributed by atoms with van der Waals surface area (Å²) in [4.78, 5) is 17.1. The number of carbonyl (C=O) groups is 1. The molecular weight excluding hydrogens is 542 g/mol. The Bertz CT molecular complexity index is 1930. The van der Waals surface area contributed by atoms with Crippen molar-refractivity contribution in [3.8, 4) is 22.8 Å². The maximum absolute atomic E-state index is 12.4. The van der Waals surface area contributed by atoms with Crippen molar-refractivity contribution >= 4 is 68.5 Å². The zero-order valence-corrected chi connectivity index (χ0v) is 22.8. The van der Waals surface area contributed by atoms with Gasteiger partial charge in [0.25, 0.3) is 0 Å². The maximum atomic E-state index is 12.4. The van der Waals surface area contributed by atoms with Crippen LogP contribution in [0.5, 0.6) is 0 Å². The monoisotopic (exact) mass is 563 g/mol. The number of halogens is 1. The van der Waals surface area contributed by atoms with E-state index in [4.69, 9.17) is 37.6 Å². The van der Waals surface area contributed by atoms with Gasteiger partial charge in [-0.25, -0.2) is 4.98 Å². The third-order valence-corrected chi connectivity index (χ3v) is 7.00. The summed E-state index contributed by atoms with van der Waals surface area (Å²) in [7, 11) is 0. The smallest absolute Gasteiger partial charge is 0.250 e. The van der Waals surface area contributed by atoms with Gasteiger partial charge in [-0.2, -0.15) is 0 Å². The lowest BCUT2D eigenvalue weighted by molar-refractivity contribution is -0.115. The zero-order chi connectivity index (χ0) is 27.6. The molecule has 196 valence electrons. The van der Waals surface area contributed by atoms with Crippen LogP contribution in [0.2, 0.25) is 5.02 Å². The zero-order valence-electron chi connectivity index (χ0n) is 21.3. The molecule has 0 aliphatic heterocycles. The van der Waals surface area contributed by atoms with Crippen molar-refractivity contribution in [2.24, 2.45) is 0 Å². The average molecular weight is 564 g/mol. The quantitative estimate of drug-likeness (QED) is 0.162. The number of aromatic nitrogens is 1. The van der Waals surface area contributed by atoms with Crippen LogP contribution in [-0.4, -0.2) is 16.0 Å².